The quantitative estimate of drug-likeness (QED) is 0.399. The summed E-state index contributed by atoms with van der Waals surface area (Å²) in [5.74, 6) is 3.08. The first kappa shape index (κ1) is 21.5. The van der Waals surface area contributed by atoms with E-state index in [0.29, 0.717) is 24.0 Å². The number of fused-ring (bicyclic) bond motifs is 2. The van der Waals surface area contributed by atoms with Crippen LogP contribution in [0.3, 0.4) is 0 Å². The predicted molar refractivity (Wildman–Crippen MR) is 132 cm³/mol. The van der Waals surface area contributed by atoms with Gasteiger partial charge < -0.3 is 24.8 Å². The zero-order valence-corrected chi connectivity index (χ0v) is 20.0. The molecular weight excluding hydrogens is 448 g/mol. The normalized spacial score (nSPS) is 17.4. The fraction of sp³-hybridized carbons (Fsp3) is 0.400. The number of rotatable bonds is 7. The van der Waals surface area contributed by atoms with Crippen LogP contribution in [0.5, 0.6) is 5.75 Å². The third kappa shape index (κ3) is 4.03. The second-order valence-electron chi connectivity index (χ2n) is 8.98. The molecule has 1 atom stereocenters. The Balaban J connectivity index is 1.38. The van der Waals surface area contributed by atoms with Crippen LogP contribution in [0, 0.1) is 6.92 Å². The molecule has 34 heavy (non-hydrogen) atoms. The van der Waals surface area contributed by atoms with E-state index in [1.807, 2.05) is 19.1 Å². The van der Waals surface area contributed by atoms with E-state index in [0.717, 1.165) is 70.9 Å². The van der Waals surface area contributed by atoms with Gasteiger partial charge in [-0.25, -0.2) is 15.0 Å². The Kier molecular flexibility index (Phi) is 5.66. The Morgan fingerprint density at radius 2 is 2.21 bits per heavy atom. The second-order valence-corrected chi connectivity index (χ2v) is 9.99. The van der Waals surface area contributed by atoms with Crippen molar-refractivity contribution in [3.8, 4) is 17.1 Å². The molecule has 0 radical (unpaired) electrons. The van der Waals surface area contributed by atoms with E-state index >= 15 is 0 Å². The van der Waals surface area contributed by atoms with Crippen LogP contribution in [-0.4, -0.2) is 38.7 Å². The monoisotopic (exact) mass is 476 g/mol. The molecule has 2 aliphatic rings. The summed E-state index contributed by atoms with van der Waals surface area (Å²) >= 11 is 1.60. The largest absolute Gasteiger partial charge is 0.493 e. The lowest BCUT2D eigenvalue weighted by Gasteiger charge is -2.13. The van der Waals surface area contributed by atoms with Crippen LogP contribution >= 0.6 is 11.8 Å². The Hall–Kier alpha value is -3.04. The summed E-state index contributed by atoms with van der Waals surface area (Å²) < 4.78 is 14.1. The summed E-state index contributed by atoms with van der Waals surface area (Å²) in [7, 11) is 0. The number of imidazole rings is 1. The van der Waals surface area contributed by atoms with E-state index < -0.39 is 0 Å². The molecule has 1 fully saturated rings. The lowest BCUT2D eigenvalue weighted by Crippen LogP contribution is -2.21. The summed E-state index contributed by atoms with van der Waals surface area (Å²) in [6.07, 6.45) is 7.11. The molecule has 0 amide bonds. The smallest absolute Gasteiger partial charge is 0.175 e. The van der Waals surface area contributed by atoms with Crippen molar-refractivity contribution < 1.29 is 9.15 Å². The van der Waals surface area contributed by atoms with Crippen molar-refractivity contribution in [2.24, 2.45) is 0 Å². The molecule has 8 nitrogen and oxygen atoms in total. The number of aromatic nitrogens is 4. The van der Waals surface area contributed by atoms with E-state index in [4.69, 9.17) is 19.9 Å². The van der Waals surface area contributed by atoms with E-state index in [1.165, 1.54) is 24.7 Å². The highest BCUT2D eigenvalue weighted by Gasteiger charge is 2.23. The molecule has 1 saturated heterocycles. The van der Waals surface area contributed by atoms with E-state index in [9.17, 15) is 0 Å². The number of hydrogen-bond acceptors (Lipinski definition) is 8. The van der Waals surface area contributed by atoms with Gasteiger partial charge in [0.05, 0.1) is 6.61 Å². The minimum Gasteiger partial charge on any atom is -0.493 e. The number of anilines is 1. The molecule has 9 heteroatoms. The molecule has 0 aliphatic carbocycles. The molecular formula is C25H28N6O2S. The first-order chi connectivity index (χ1) is 16.7. The van der Waals surface area contributed by atoms with Gasteiger partial charge in [0.2, 0.25) is 0 Å². The molecule has 3 aromatic heterocycles. The number of ether oxygens (including phenoxy) is 1. The highest BCUT2D eigenvalue weighted by atomic mass is 32.2. The minimum atomic E-state index is 0.405. The van der Waals surface area contributed by atoms with E-state index in [-0.39, 0.29) is 0 Å². The van der Waals surface area contributed by atoms with Crippen LogP contribution in [-0.2, 0) is 13.0 Å². The molecule has 176 valence electrons. The summed E-state index contributed by atoms with van der Waals surface area (Å²) in [6, 6.07) is 8.93. The van der Waals surface area contributed by atoms with Gasteiger partial charge in [-0.2, -0.15) is 0 Å². The Bertz CT molecular complexity index is 1340. The average molecular weight is 477 g/mol. The van der Waals surface area contributed by atoms with Crippen molar-refractivity contribution in [2.45, 2.75) is 61.7 Å². The SMILES string of the molecule is Cc1ccc(-c2cc3c(cc2Sc2nc4c(N)ncnc4n2CCCC2CCCN2)OCC3)o1. The first-order valence-corrected chi connectivity index (χ1v) is 12.7. The second kappa shape index (κ2) is 8.96. The minimum absolute atomic E-state index is 0.405. The highest BCUT2D eigenvalue weighted by molar-refractivity contribution is 7.99. The Morgan fingerprint density at radius 3 is 3.03 bits per heavy atom. The van der Waals surface area contributed by atoms with Crippen LogP contribution in [0.1, 0.15) is 37.0 Å². The topological polar surface area (TPSA) is 104 Å². The standard InChI is InChI=1S/C25H28N6O2S/c1-15-6-7-19(33-15)18-12-16-8-11-32-20(16)13-21(18)34-25-30-22-23(26)28-14-29-24(22)31(25)10-3-5-17-4-2-9-27-17/h6-7,12-14,17,27H,2-5,8-11H2,1H3,(H2,26,28,29). The number of nitrogens with two attached hydrogens (primary N) is 1. The van der Waals surface area contributed by atoms with Gasteiger partial charge in [0.1, 0.15) is 23.6 Å². The van der Waals surface area contributed by atoms with Gasteiger partial charge in [0.25, 0.3) is 0 Å². The maximum Gasteiger partial charge on any atom is 0.175 e. The third-order valence-electron chi connectivity index (χ3n) is 6.62. The number of hydrogen-bond donors (Lipinski definition) is 2. The number of nitrogen functional groups attached to an aromatic ring is 1. The lowest BCUT2D eigenvalue weighted by molar-refractivity contribution is 0.356. The van der Waals surface area contributed by atoms with Gasteiger partial charge in [-0.1, -0.05) is 11.8 Å². The Labute approximate surface area is 202 Å². The fourth-order valence-corrected chi connectivity index (χ4v) is 5.93. The maximum absolute atomic E-state index is 6.18. The molecule has 6 rings (SSSR count). The van der Waals surface area contributed by atoms with Crippen molar-refractivity contribution in [1.29, 1.82) is 0 Å². The summed E-state index contributed by atoms with van der Waals surface area (Å²) in [5, 5.41) is 4.44. The molecule has 4 aromatic rings. The number of nitrogens with zero attached hydrogens (tertiary/aromatic N) is 4. The molecule has 0 spiro atoms. The molecule has 1 unspecified atom stereocenters. The number of furan rings is 1. The van der Waals surface area contributed by atoms with Gasteiger partial charge in [-0.05, 0) is 69.0 Å². The molecule has 3 N–H and O–H groups in total. The van der Waals surface area contributed by atoms with Gasteiger partial charge in [0, 0.05) is 29.5 Å². The van der Waals surface area contributed by atoms with E-state index in [1.54, 1.807) is 11.8 Å². The summed E-state index contributed by atoms with van der Waals surface area (Å²) in [4.78, 5) is 14.6. The molecule has 2 aliphatic heterocycles. The van der Waals surface area contributed by atoms with Crippen molar-refractivity contribution in [3.63, 3.8) is 0 Å². The maximum atomic E-state index is 6.18. The van der Waals surface area contributed by atoms with Gasteiger partial charge in [-0.15, -0.1) is 0 Å². The number of nitrogens with one attached hydrogen (secondary N) is 1. The van der Waals surface area contributed by atoms with Crippen LogP contribution in [0.4, 0.5) is 5.82 Å². The van der Waals surface area contributed by atoms with Crippen LogP contribution in [0.2, 0.25) is 0 Å². The zero-order chi connectivity index (χ0) is 23.1. The highest BCUT2D eigenvalue weighted by Crippen LogP contribution is 2.42. The van der Waals surface area contributed by atoms with Crippen molar-refractivity contribution in [1.82, 2.24) is 24.8 Å². The van der Waals surface area contributed by atoms with Crippen molar-refractivity contribution >= 4 is 28.7 Å². The van der Waals surface area contributed by atoms with Gasteiger partial charge in [0.15, 0.2) is 22.1 Å². The first-order valence-electron chi connectivity index (χ1n) is 11.9. The Morgan fingerprint density at radius 1 is 1.26 bits per heavy atom. The van der Waals surface area contributed by atoms with Crippen LogP contribution in [0.15, 0.2) is 45.1 Å². The molecule has 0 saturated carbocycles. The number of aryl methyl sites for hydroxylation is 2. The van der Waals surface area contributed by atoms with Crippen LogP contribution < -0.4 is 15.8 Å². The fourth-order valence-electron chi connectivity index (χ4n) is 4.87. The van der Waals surface area contributed by atoms with Crippen molar-refractivity contribution in [3.05, 3.63) is 41.9 Å². The molecule has 1 aromatic carbocycles. The van der Waals surface area contributed by atoms with Gasteiger partial charge in [-0.3, -0.25) is 0 Å². The summed E-state index contributed by atoms with van der Waals surface area (Å²) in [5.41, 5.74) is 9.87. The van der Waals surface area contributed by atoms with Crippen LogP contribution in [0.25, 0.3) is 22.5 Å². The third-order valence-corrected chi connectivity index (χ3v) is 7.67. The average Bonchev–Trinajstić information content (AvgIpc) is 3.62. The predicted octanol–water partition coefficient (Wildman–Crippen LogP) is 4.60. The van der Waals surface area contributed by atoms with E-state index in [2.05, 4.69) is 32.0 Å². The molecule has 5 heterocycles. The zero-order valence-electron chi connectivity index (χ0n) is 19.2. The summed E-state index contributed by atoms with van der Waals surface area (Å²) in [6.45, 7) is 4.62. The molecule has 0 bridgehead atoms. The number of benzene rings is 1. The van der Waals surface area contributed by atoms with Crippen molar-refractivity contribution in [2.75, 3.05) is 18.9 Å². The lowest BCUT2D eigenvalue weighted by atomic mass is 10.1. The van der Waals surface area contributed by atoms with Gasteiger partial charge >= 0.3 is 0 Å².